The molecular formula is C19H15BrClN3O3S. The van der Waals surface area contributed by atoms with Gasteiger partial charge in [-0.25, -0.2) is 9.78 Å². The number of carbonyl (C=O) groups is 1. The Hall–Kier alpha value is -2.29. The predicted molar refractivity (Wildman–Crippen MR) is 113 cm³/mol. The molecule has 6 nitrogen and oxygen atoms in total. The van der Waals surface area contributed by atoms with Crippen LogP contribution < -0.4 is 4.74 Å². The largest absolute Gasteiger partial charge is 0.488 e. The van der Waals surface area contributed by atoms with Crippen molar-refractivity contribution in [2.75, 3.05) is 0 Å². The van der Waals surface area contributed by atoms with Gasteiger partial charge in [0.1, 0.15) is 23.1 Å². The van der Waals surface area contributed by atoms with E-state index in [0.29, 0.717) is 38.4 Å². The number of hydrogen-bond acceptors (Lipinski definition) is 5. The van der Waals surface area contributed by atoms with Crippen molar-refractivity contribution in [3.05, 3.63) is 73.8 Å². The highest BCUT2D eigenvalue weighted by Crippen LogP contribution is 2.31. The third-order valence-corrected chi connectivity index (χ3v) is 5.45. The summed E-state index contributed by atoms with van der Waals surface area (Å²) < 4.78 is 6.52. The number of aryl methyl sites for hydroxylation is 1. The van der Waals surface area contributed by atoms with E-state index in [9.17, 15) is 9.90 Å². The van der Waals surface area contributed by atoms with Crippen LogP contribution in [0.25, 0.3) is 6.08 Å². The Morgan fingerprint density at radius 1 is 1.36 bits per heavy atom. The van der Waals surface area contributed by atoms with E-state index in [1.807, 2.05) is 24.3 Å². The first-order valence-electron chi connectivity index (χ1n) is 8.10. The van der Waals surface area contributed by atoms with Crippen molar-refractivity contribution in [2.24, 2.45) is 0 Å². The minimum absolute atomic E-state index is 0.107. The van der Waals surface area contributed by atoms with E-state index in [0.717, 1.165) is 17.3 Å². The number of nitrogens with one attached hydrogen (secondary N) is 1. The first-order chi connectivity index (χ1) is 13.4. The molecule has 0 atom stereocenters. The lowest BCUT2D eigenvalue weighted by Gasteiger charge is -2.10. The number of H-pyrrole nitrogens is 1. The summed E-state index contributed by atoms with van der Waals surface area (Å²) in [4.78, 5) is 15.8. The van der Waals surface area contributed by atoms with Gasteiger partial charge in [0.25, 0.3) is 0 Å². The van der Waals surface area contributed by atoms with Crippen molar-refractivity contribution in [1.82, 2.24) is 15.2 Å². The monoisotopic (exact) mass is 479 g/mol. The van der Waals surface area contributed by atoms with Gasteiger partial charge < -0.3 is 9.84 Å². The third kappa shape index (κ3) is 5.37. The smallest absolute Gasteiger partial charge is 0.342 e. The minimum Gasteiger partial charge on any atom is -0.488 e. The van der Waals surface area contributed by atoms with Crippen LogP contribution in [-0.2, 0) is 11.4 Å². The van der Waals surface area contributed by atoms with E-state index < -0.39 is 5.97 Å². The van der Waals surface area contributed by atoms with Crippen molar-refractivity contribution in [1.29, 1.82) is 0 Å². The number of aromatic amines is 1. The highest BCUT2D eigenvalue weighted by Gasteiger charge is 2.13. The van der Waals surface area contributed by atoms with Crippen LogP contribution in [0.2, 0.25) is 5.02 Å². The molecule has 0 aliphatic heterocycles. The quantitative estimate of drug-likeness (QED) is 0.351. The number of aromatic nitrogens is 3. The SMILES string of the molecule is Cc1nc(S/C(=C\c2ccc(OCc3ccccc3Cl)c(Br)c2)C(=O)O)n[nH]1. The van der Waals surface area contributed by atoms with Crippen LogP contribution in [0.3, 0.4) is 0 Å². The lowest BCUT2D eigenvalue weighted by atomic mass is 10.2. The second-order valence-corrected chi connectivity index (χ2v) is 7.96. The Kier molecular flexibility index (Phi) is 6.77. The molecule has 2 aromatic carbocycles. The summed E-state index contributed by atoms with van der Waals surface area (Å²) in [6.07, 6.45) is 1.56. The van der Waals surface area contributed by atoms with Crippen molar-refractivity contribution in [2.45, 2.75) is 18.7 Å². The normalized spacial score (nSPS) is 11.5. The highest BCUT2D eigenvalue weighted by molar-refractivity contribution is 9.10. The number of hydrogen-bond donors (Lipinski definition) is 2. The van der Waals surface area contributed by atoms with Crippen LogP contribution in [0.5, 0.6) is 5.75 Å². The second-order valence-electron chi connectivity index (χ2n) is 5.69. The molecule has 0 radical (unpaired) electrons. The summed E-state index contributed by atoms with van der Waals surface area (Å²) in [7, 11) is 0. The van der Waals surface area contributed by atoms with Gasteiger partial charge in [0, 0.05) is 10.6 Å². The first kappa shape index (κ1) is 20.4. The number of aliphatic carboxylic acids is 1. The number of carboxylic acids is 1. The summed E-state index contributed by atoms with van der Waals surface area (Å²) >= 11 is 10.6. The zero-order chi connectivity index (χ0) is 20.1. The maximum Gasteiger partial charge on any atom is 0.342 e. The molecule has 3 rings (SSSR count). The summed E-state index contributed by atoms with van der Waals surface area (Å²) in [5.41, 5.74) is 1.58. The average Bonchev–Trinajstić information content (AvgIpc) is 3.06. The minimum atomic E-state index is -1.05. The van der Waals surface area contributed by atoms with E-state index in [-0.39, 0.29) is 4.91 Å². The van der Waals surface area contributed by atoms with Gasteiger partial charge in [-0.2, -0.15) is 0 Å². The molecule has 3 aromatic rings. The average molecular weight is 481 g/mol. The van der Waals surface area contributed by atoms with E-state index >= 15 is 0 Å². The zero-order valence-corrected chi connectivity index (χ0v) is 17.8. The lowest BCUT2D eigenvalue weighted by Crippen LogP contribution is -1.98. The molecule has 0 spiro atoms. The van der Waals surface area contributed by atoms with Crippen LogP contribution in [0, 0.1) is 6.92 Å². The number of ether oxygens (including phenoxy) is 1. The fraction of sp³-hybridized carbons (Fsp3) is 0.105. The van der Waals surface area contributed by atoms with Crippen LogP contribution >= 0.6 is 39.3 Å². The lowest BCUT2D eigenvalue weighted by molar-refractivity contribution is -0.131. The molecule has 0 fully saturated rings. The molecule has 144 valence electrons. The summed E-state index contributed by atoms with van der Waals surface area (Å²) in [6, 6.07) is 12.8. The number of benzene rings is 2. The standard InChI is InChI=1S/C19H15BrClN3O3S/c1-11-22-19(24-23-11)28-17(18(25)26)9-12-6-7-16(14(20)8-12)27-10-13-4-2-3-5-15(13)21/h2-9H,10H2,1H3,(H,25,26)(H,22,23,24)/b17-9-. The Labute approximate surface area is 179 Å². The van der Waals surface area contributed by atoms with Crippen LogP contribution in [0.1, 0.15) is 17.0 Å². The number of nitrogens with zero attached hydrogens (tertiary/aromatic N) is 2. The van der Waals surface area contributed by atoms with E-state index in [1.54, 1.807) is 31.2 Å². The number of halogens is 2. The topological polar surface area (TPSA) is 88.1 Å². The van der Waals surface area contributed by atoms with E-state index in [2.05, 4.69) is 31.1 Å². The van der Waals surface area contributed by atoms with Crippen LogP contribution in [0.15, 0.2) is 57.0 Å². The van der Waals surface area contributed by atoms with Gasteiger partial charge in [0.2, 0.25) is 5.16 Å². The highest BCUT2D eigenvalue weighted by atomic mass is 79.9. The summed E-state index contributed by atoms with van der Waals surface area (Å²) in [5, 5.41) is 17.1. The van der Waals surface area contributed by atoms with Crippen LogP contribution in [-0.4, -0.2) is 26.3 Å². The molecule has 0 amide bonds. The fourth-order valence-corrected chi connectivity index (χ4v) is 3.70. The Bertz CT molecular complexity index is 1040. The van der Waals surface area contributed by atoms with Gasteiger partial charge in [-0.3, -0.25) is 5.10 Å². The molecule has 0 bridgehead atoms. The maximum absolute atomic E-state index is 11.6. The Morgan fingerprint density at radius 3 is 2.79 bits per heavy atom. The van der Waals surface area contributed by atoms with Crippen molar-refractivity contribution in [3.63, 3.8) is 0 Å². The van der Waals surface area contributed by atoms with Gasteiger partial charge in [-0.05, 0) is 64.5 Å². The van der Waals surface area contributed by atoms with Gasteiger partial charge in [0.15, 0.2) is 0 Å². The molecule has 0 saturated heterocycles. The Morgan fingerprint density at radius 2 is 2.14 bits per heavy atom. The molecule has 0 aliphatic rings. The van der Waals surface area contributed by atoms with Gasteiger partial charge in [-0.15, -0.1) is 5.10 Å². The third-order valence-electron chi connectivity index (χ3n) is 3.58. The summed E-state index contributed by atoms with van der Waals surface area (Å²) in [6.45, 7) is 2.08. The molecular weight excluding hydrogens is 466 g/mol. The first-order valence-corrected chi connectivity index (χ1v) is 10.1. The van der Waals surface area contributed by atoms with Crippen molar-refractivity contribution in [3.8, 4) is 5.75 Å². The van der Waals surface area contributed by atoms with Crippen molar-refractivity contribution < 1.29 is 14.6 Å². The molecule has 0 unspecified atom stereocenters. The van der Waals surface area contributed by atoms with Gasteiger partial charge in [0.05, 0.1) is 4.47 Å². The number of thioether (sulfide) groups is 1. The second kappa shape index (κ2) is 9.27. The Balaban J connectivity index is 1.75. The fourth-order valence-electron chi connectivity index (χ4n) is 2.25. The summed E-state index contributed by atoms with van der Waals surface area (Å²) in [5.74, 6) is 0.198. The molecule has 2 N–H and O–H groups in total. The maximum atomic E-state index is 11.6. The van der Waals surface area contributed by atoms with E-state index in [1.165, 1.54) is 0 Å². The molecule has 1 heterocycles. The molecule has 28 heavy (non-hydrogen) atoms. The molecule has 0 aliphatic carbocycles. The number of rotatable bonds is 7. The number of carboxylic acid groups (broad SMARTS) is 1. The molecule has 9 heteroatoms. The van der Waals surface area contributed by atoms with Gasteiger partial charge >= 0.3 is 5.97 Å². The molecule has 1 aromatic heterocycles. The van der Waals surface area contributed by atoms with Crippen molar-refractivity contribution >= 4 is 51.3 Å². The van der Waals surface area contributed by atoms with Crippen LogP contribution in [0.4, 0.5) is 0 Å². The van der Waals surface area contributed by atoms with Gasteiger partial charge in [-0.1, -0.05) is 35.9 Å². The predicted octanol–water partition coefficient (Wildman–Crippen LogP) is 5.33. The zero-order valence-electron chi connectivity index (χ0n) is 14.6. The molecule has 0 saturated carbocycles. The van der Waals surface area contributed by atoms with E-state index in [4.69, 9.17) is 16.3 Å².